The molecule has 0 unspecified atom stereocenters. The quantitative estimate of drug-likeness (QED) is 0.334. The topological polar surface area (TPSA) is 59.3 Å². The number of aromatic nitrogens is 3. The van der Waals surface area contributed by atoms with Crippen molar-refractivity contribution in [1.82, 2.24) is 14.6 Å². The van der Waals surface area contributed by atoms with E-state index in [9.17, 15) is 35.5 Å². The van der Waals surface area contributed by atoms with Crippen molar-refractivity contribution in [1.29, 1.82) is 0 Å². The average Bonchev–Trinajstić information content (AvgIpc) is 3.37. The van der Waals surface area contributed by atoms with Gasteiger partial charge in [0.1, 0.15) is 5.69 Å². The lowest BCUT2D eigenvalue weighted by Gasteiger charge is -2.10. The smallest absolute Gasteiger partial charge is 0.315 e. The van der Waals surface area contributed by atoms with Gasteiger partial charge in [-0.3, -0.25) is 4.79 Å². The number of thiophene rings is 1. The molecule has 0 atom stereocenters. The highest BCUT2D eigenvalue weighted by Gasteiger charge is 2.36. The second kappa shape index (κ2) is 7.34. The fourth-order valence-corrected chi connectivity index (χ4v) is 3.38. The largest absolute Gasteiger partial charge is 0.433 e. The number of anilines is 1. The minimum absolute atomic E-state index is 0.0361. The Labute approximate surface area is 171 Å². The number of rotatable bonds is 3. The van der Waals surface area contributed by atoms with E-state index in [1.165, 1.54) is 6.07 Å². The summed E-state index contributed by atoms with van der Waals surface area (Å²) < 4.78 is 95.1. The fraction of sp³-hybridized carbons (Fsp3) is 0.0556. The van der Waals surface area contributed by atoms with Crippen LogP contribution in [0.4, 0.5) is 36.4 Å². The zero-order valence-corrected chi connectivity index (χ0v) is 15.6. The van der Waals surface area contributed by atoms with Crippen molar-refractivity contribution < 1.29 is 35.5 Å². The van der Waals surface area contributed by atoms with Gasteiger partial charge in [0.05, 0.1) is 10.6 Å². The van der Waals surface area contributed by atoms with Gasteiger partial charge in [-0.25, -0.2) is 27.1 Å². The maximum absolute atomic E-state index is 13.8. The number of nitrogens with one attached hydrogen (secondary N) is 1. The van der Waals surface area contributed by atoms with Crippen LogP contribution in [-0.2, 0) is 6.18 Å². The molecular weight excluding hydrogens is 453 g/mol. The van der Waals surface area contributed by atoms with Gasteiger partial charge in [0.25, 0.3) is 5.91 Å². The number of carbonyl (C=O) groups excluding carboxylic acids is 1. The Balaban J connectivity index is 1.80. The van der Waals surface area contributed by atoms with Crippen LogP contribution in [0.15, 0.2) is 35.7 Å². The molecule has 0 saturated carbocycles. The normalized spacial score (nSPS) is 11.8. The molecule has 4 aromatic rings. The first-order valence-electron chi connectivity index (χ1n) is 8.22. The van der Waals surface area contributed by atoms with Crippen molar-refractivity contribution in [3.8, 4) is 10.6 Å². The first-order chi connectivity index (χ1) is 14.6. The third-order valence-electron chi connectivity index (χ3n) is 4.07. The molecule has 3 aromatic heterocycles. The van der Waals surface area contributed by atoms with Crippen LogP contribution in [0.1, 0.15) is 16.2 Å². The van der Waals surface area contributed by atoms with Gasteiger partial charge in [-0.1, -0.05) is 6.07 Å². The van der Waals surface area contributed by atoms with E-state index in [-0.39, 0.29) is 17.4 Å². The zero-order valence-electron chi connectivity index (χ0n) is 14.8. The molecule has 1 N–H and O–H groups in total. The lowest BCUT2D eigenvalue weighted by molar-refractivity contribution is -0.142. The highest BCUT2D eigenvalue weighted by atomic mass is 32.1. The molecule has 3 heterocycles. The number of hydrogen-bond acceptors (Lipinski definition) is 4. The van der Waals surface area contributed by atoms with E-state index >= 15 is 0 Å². The number of benzene rings is 1. The van der Waals surface area contributed by atoms with E-state index in [4.69, 9.17) is 0 Å². The van der Waals surface area contributed by atoms with Gasteiger partial charge in [0.2, 0.25) is 0 Å². The molecule has 0 aliphatic heterocycles. The molecule has 0 aliphatic carbocycles. The molecule has 0 radical (unpaired) electrons. The molecule has 0 spiro atoms. The molecular formula is C18H7F7N4OS. The fourth-order valence-electron chi connectivity index (χ4n) is 2.70. The summed E-state index contributed by atoms with van der Waals surface area (Å²) in [5, 5.41) is 6.71. The predicted octanol–water partition coefficient (Wildman–Crippen LogP) is 5.29. The number of halogens is 7. The summed E-state index contributed by atoms with van der Waals surface area (Å²) in [6, 6.07) is 4.66. The average molecular weight is 460 g/mol. The van der Waals surface area contributed by atoms with Crippen molar-refractivity contribution in [3.05, 3.63) is 70.4 Å². The molecule has 31 heavy (non-hydrogen) atoms. The number of carbonyl (C=O) groups is 1. The molecule has 0 bridgehead atoms. The van der Waals surface area contributed by atoms with E-state index in [2.05, 4.69) is 10.1 Å². The number of hydrogen-bond donors (Lipinski definition) is 1. The summed E-state index contributed by atoms with van der Waals surface area (Å²) >= 11 is 1.13. The Kier molecular flexibility index (Phi) is 4.92. The third kappa shape index (κ3) is 3.71. The lowest BCUT2D eigenvalue weighted by Crippen LogP contribution is -2.17. The number of alkyl halides is 3. The van der Waals surface area contributed by atoms with E-state index in [1.807, 2.05) is 0 Å². The Morgan fingerprint density at radius 2 is 1.71 bits per heavy atom. The zero-order chi connectivity index (χ0) is 22.5. The maximum atomic E-state index is 13.8. The summed E-state index contributed by atoms with van der Waals surface area (Å²) in [5.41, 5.74) is -3.83. The molecule has 0 aliphatic rings. The van der Waals surface area contributed by atoms with Gasteiger partial charge in [-0.05, 0) is 17.5 Å². The molecule has 1 aromatic carbocycles. The Morgan fingerprint density at radius 3 is 2.29 bits per heavy atom. The second-order valence-electron chi connectivity index (χ2n) is 6.10. The van der Waals surface area contributed by atoms with Crippen molar-refractivity contribution >= 4 is 28.6 Å². The van der Waals surface area contributed by atoms with Crippen molar-refractivity contribution in [2.75, 3.05) is 5.32 Å². The van der Waals surface area contributed by atoms with Crippen LogP contribution in [0, 0.1) is 23.3 Å². The first-order valence-corrected chi connectivity index (χ1v) is 9.10. The van der Waals surface area contributed by atoms with Crippen LogP contribution >= 0.6 is 11.3 Å². The van der Waals surface area contributed by atoms with Gasteiger partial charge in [-0.2, -0.15) is 18.3 Å². The van der Waals surface area contributed by atoms with Crippen LogP contribution in [0.2, 0.25) is 0 Å². The van der Waals surface area contributed by atoms with Crippen LogP contribution in [-0.4, -0.2) is 20.5 Å². The highest BCUT2D eigenvalue weighted by Crippen LogP contribution is 2.33. The summed E-state index contributed by atoms with van der Waals surface area (Å²) in [4.78, 5) is 16.8. The SMILES string of the molecule is O=C(Nc1c(F)c(F)cc(F)c1F)c1cc2nc(-c3cccs3)cc(C(F)(F)F)n2n1. The summed E-state index contributed by atoms with van der Waals surface area (Å²) in [6.07, 6.45) is -4.88. The van der Waals surface area contributed by atoms with Crippen LogP contribution < -0.4 is 5.32 Å². The van der Waals surface area contributed by atoms with Gasteiger partial charge in [0, 0.05) is 12.1 Å². The number of fused-ring (bicyclic) bond motifs is 1. The first kappa shape index (κ1) is 20.8. The molecule has 13 heteroatoms. The van der Waals surface area contributed by atoms with Crippen molar-refractivity contribution in [3.63, 3.8) is 0 Å². The van der Waals surface area contributed by atoms with Crippen LogP contribution in [0.3, 0.4) is 0 Å². The molecule has 0 fully saturated rings. The summed E-state index contributed by atoms with van der Waals surface area (Å²) in [5.74, 6) is -8.72. The predicted molar refractivity (Wildman–Crippen MR) is 95.5 cm³/mol. The number of nitrogens with zero attached hydrogens (tertiary/aromatic N) is 3. The monoisotopic (exact) mass is 460 g/mol. The minimum atomic E-state index is -4.88. The van der Waals surface area contributed by atoms with E-state index in [1.54, 1.807) is 16.8 Å². The Bertz CT molecular complexity index is 1290. The van der Waals surface area contributed by atoms with Crippen LogP contribution in [0.5, 0.6) is 0 Å². The van der Waals surface area contributed by atoms with E-state index < -0.39 is 52.4 Å². The standard InChI is InChI=1S/C18H7F7N4OS/c19-7-4-8(20)15(22)16(14(7)21)27-17(30)10-6-13-26-9(11-2-1-3-31-11)5-12(18(23,24)25)29(13)28-10/h1-6H,(H,27,30). The number of amides is 1. The van der Waals surface area contributed by atoms with Crippen LogP contribution in [0.25, 0.3) is 16.2 Å². The second-order valence-corrected chi connectivity index (χ2v) is 7.05. The molecule has 5 nitrogen and oxygen atoms in total. The van der Waals surface area contributed by atoms with Gasteiger partial charge in [-0.15, -0.1) is 11.3 Å². The maximum Gasteiger partial charge on any atom is 0.433 e. The van der Waals surface area contributed by atoms with E-state index in [0.29, 0.717) is 9.39 Å². The molecule has 4 rings (SSSR count). The highest BCUT2D eigenvalue weighted by molar-refractivity contribution is 7.13. The van der Waals surface area contributed by atoms with Crippen molar-refractivity contribution in [2.24, 2.45) is 0 Å². The van der Waals surface area contributed by atoms with Crippen molar-refractivity contribution in [2.45, 2.75) is 6.18 Å². The molecule has 1 amide bonds. The summed E-state index contributed by atoms with van der Waals surface area (Å²) in [7, 11) is 0. The lowest BCUT2D eigenvalue weighted by atomic mass is 10.2. The van der Waals surface area contributed by atoms with Gasteiger partial charge < -0.3 is 5.32 Å². The van der Waals surface area contributed by atoms with E-state index in [0.717, 1.165) is 23.5 Å². The third-order valence-corrected chi connectivity index (χ3v) is 4.97. The Morgan fingerprint density at radius 1 is 1.03 bits per heavy atom. The van der Waals surface area contributed by atoms with Gasteiger partial charge in [0.15, 0.2) is 40.3 Å². The Hall–Kier alpha value is -3.48. The minimum Gasteiger partial charge on any atom is -0.315 e. The summed E-state index contributed by atoms with van der Waals surface area (Å²) in [6.45, 7) is 0. The molecule has 160 valence electrons. The molecule has 0 saturated heterocycles. The van der Waals surface area contributed by atoms with Gasteiger partial charge >= 0.3 is 6.18 Å².